The second-order valence-electron chi connectivity index (χ2n) is 10.8. The lowest BCUT2D eigenvalue weighted by atomic mass is 10.1. The molecule has 2 aromatic rings. The zero-order valence-electron chi connectivity index (χ0n) is 24.0. The van der Waals surface area contributed by atoms with Crippen molar-refractivity contribution in [2.24, 2.45) is 0 Å². The van der Waals surface area contributed by atoms with Gasteiger partial charge in [0.1, 0.15) is 6.10 Å². The lowest BCUT2D eigenvalue weighted by Crippen LogP contribution is -2.48. The molecule has 6 nitrogen and oxygen atoms in total. The molecule has 2 aromatic carbocycles. The Hall–Kier alpha value is -2.25. The Balaban J connectivity index is 1.69. The van der Waals surface area contributed by atoms with Gasteiger partial charge in [-0.05, 0) is 44.0 Å². The molecule has 0 bridgehead atoms. The van der Waals surface area contributed by atoms with Gasteiger partial charge in [-0.2, -0.15) is 0 Å². The minimum Gasteiger partial charge on any atom is -0.481 e. The van der Waals surface area contributed by atoms with Crippen LogP contribution in [0.5, 0.6) is 0 Å². The Bertz CT molecular complexity index is 909. The van der Waals surface area contributed by atoms with Crippen molar-refractivity contribution >= 4 is 5.97 Å². The van der Waals surface area contributed by atoms with Gasteiger partial charge in [0.05, 0.1) is 31.5 Å². The molecule has 0 heterocycles. The molecule has 3 rings (SSSR count). The molecule has 39 heavy (non-hydrogen) atoms. The molecular weight excluding hydrogens is 490 g/mol. The van der Waals surface area contributed by atoms with Gasteiger partial charge in [0.25, 0.3) is 0 Å². The van der Waals surface area contributed by atoms with Gasteiger partial charge in [-0.15, -0.1) is 0 Å². The number of benzene rings is 2. The molecule has 4 atom stereocenters. The van der Waals surface area contributed by atoms with Crippen LogP contribution in [-0.2, 0) is 32.2 Å². The molecule has 1 aliphatic rings. The maximum atomic E-state index is 10.9. The van der Waals surface area contributed by atoms with E-state index in [-0.39, 0.29) is 30.8 Å². The summed E-state index contributed by atoms with van der Waals surface area (Å²) in [5.74, 6) is -0.723. The van der Waals surface area contributed by atoms with Crippen LogP contribution in [-0.4, -0.2) is 60.5 Å². The van der Waals surface area contributed by atoms with E-state index in [4.69, 9.17) is 19.3 Å². The number of hydrogen-bond donors (Lipinski definition) is 1. The van der Waals surface area contributed by atoms with Gasteiger partial charge in [-0.25, -0.2) is 0 Å². The summed E-state index contributed by atoms with van der Waals surface area (Å²) in [6.07, 6.45) is 9.43. The van der Waals surface area contributed by atoms with Gasteiger partial charge >= 0.3 is 5.97 Å². The highest BCUT2D eigenvalue weighted by atomic mass is 16.6. The number of ether oxygens (including phenoxy) is 3. The molecule has 1 N–H and O–H groups in total. The number of carbonyl (C=O) groups is 1. The molecule has 6 heteroatoms. The molecule has 0 saturated heterocycles. The van der Waals surface area contributed by atoms with E-state index in [1.54, 1.807) is 0 Å². The van der Waals surface area contributed by atoms with E-state index in [0.29, 0.717) is 19.6 Å². The second-order valence-corrected chi connectivity index (χ2v) is 10.8. The fraction of sp³-hybridized carbons (Fsp3) is 0.606. The number of hydrogen-bond acceptors (Lipinski definition) is 5. The van der Waals surface area contributed by atoms with Crippen molar-refractivity contribution in [2.75, 3.05) is 20.2 Å². The van der Waals surface area contributed by atoms with E-state index in [1.807, 2.05) is 36.4 Å². The van der Waals surface area contributed by atoms with Crippen LogP contribution in [0.4, 0.5) is 0 Å². The van der Waals surface area contributed by atoms with Crippen LogP contribution < -0.4 is 0 Å². The van der Waals surface area contributed by atoms with Gasteiger partial charge in [0.2, 0.25) is 0 Å². The molecule has 216 valence electrons. The van der Waals surface area contributed by atoms with Gasteiger partial charge < -0.3 is 19.3 Å². The minimum absolute atomic E-state index is 0.0138. The zero-order valence-corrected chi connectivity index (χ0v) is 24.0. The molecule has 0 radical (unpaired) electrons. The van der Waals surface area contributed by atoms with Crippen molar-refractivity contribution in [2.45, 2.75) is 109 Å². The predicted octanol–water partition coefficient (Wildman–Crippen LogP) is 6.86. The highest BCUT2D eigenvalue weighted by Gasteiger charge is 2.47. The van der Waals surface area contributed by atoms with Crippen LogP contribution in [0.15, 0.2) is 60.7 Å². The summed E-state index contributed by atoms with van der Waals surface area (Å²) in [5.41, 5.74) is 2.32. The van der Waals surface area contributed by atoms with Crippen molar-refractivity contribution in [3.8, 4) is 0 Å². The number of carboxylic acids is 1. The van der Waals surface area contributed by atoms with Gasteiger partial charge in [0, 0.05) is 19.4 Å². The molecule has 0 spiro atoms. The van der Waals surface area contributed by atoms with Crippen molar-refractivity contribution < 1.29 is 24.1 Å². The number of rotatable bonds is 20. The Labute approximate surface area is 235 Å². The smallest absolute Gasteiger partial charge is 0.303 e. The van der Waals surface area contributed by atoms with E-state index in [0.717, 1.165) is 50.0 Å². The van der Waals surface area contributed by atoms with E-state index in [2.05, 4.69) is 43.1 Å². The number of nitrogens with zero attached hydrogens (tertiary/aromatic N) is 1. The average Bonchev–Trinajstić information content (AvgIpc) is 3.30. The third-order valence-electron chi connectivity index (χ3n) is 7.63. The van der Waals surface area contributed by atoms with Crippen LogP contribution in [0.2, 0.25) is 0 Å². The first-order valence-electron chi connectivity index (χ1n) is 14.9. The molecule has 0 unspecified atom stereocenters. The van der Waals surface area contributed by atoms with E-state index < -0.39 is 5.97 Å². The molecule has 1 aliphatic carbocycles. The van der Waals surface area contributed by atoms with Crippen LogP contribution in [0.3, 0.4) is 0 Å². The third-order valence-corrected chi connectivity index (χ3v) is 7.63. The Morgan fingerprint density at radius 1 is 0.795 bits per heavy atom. The quantitative estimate of drug-likeness (QED) is 0.185. The summed E-state index contributed by atoms with van der Waals surface area (Å²) in [7, 11) is 2.15. The molecular formula is C33H49NO5. The van der Waals surface area contributed by atoms with Crippen molar-refractivity contribution in [1.82, 2.24) is 4.90 Å². The highest BCUT2D eigenvalue weighted by Crippen LogP contribution is 2.33. The van der Waals surface area contributed by atoms with Crippen LogP contribution >= 0.6 is 0 Å². The third kappa shape index (κ3) is 11.4. The number of carboxylic acid groups (broad SMARTS) is 1. The summed E-state index contributed by atoms with van der Waals surface area (Å²) >= 11 is 0. The van der Waals surface area contributed by atoms with Crippen molar-refractivity contribution in [1.29, 1.82) is 0 Å². The monoisotopic (exact) mass is 539 g/mol. The van der Waals surface area contributed by atoms with Gasteiger partial charge in [0.15, 0.2) is 0 Å². The van der Waals surface area contributed by atoms with Crippen molar-refractivity contribution in [3.63, 3.8) is 0 Å². The molecule has 1 fully saturated rings. The fourth-order valence-corrected chi connectivity index (χ4v) is 5.45. The van der Waals surface area contributed by atoms with Gasteiger partial charge in [-0.1, -0.05) is 99.7 Å². The highest BCUT2D eigenvalue weighted by molar-refractivity contribution is 5.66. The van der Waals surface area contributed by atoms with E-state index in [1.165, 1.54) is 25.7 Å². The topological polar surface area (TPSA) is 68.2 Å². The lowest BCUT2D eigenvalue weighted by molar-refractivity contribution is -0.137. The Morgan fingerprint density at radius 3 is 2.00 bits per heavy atom. The average molecular weight is 540 g/mol. The summed E-state index contributed by atoms with van der Waals surface area (Å²) in [6.45, 7) is 4.95. The number of unbranched alkanes of at least 4 members (excludes halogenated alkanes) is 6. The normalized spacial score (nSPS) is 21.0. The first kappa shape index (κ1) is 31.3. The summed E-state index contributed by atoms with van der Waals surface area (Å²) in [6, 6.07) is 20.7. The molecule has 0 aromatic heterocycles. The predicted molar refractivity (Wildman–Crippen MR) is 156 cm³/mol. The summed E-state index contributed by atoms with van der Waals surface area (Å²) in [4.78, 5) is 13.3. The second kappa shape index (κ2) is 18.2. The summed E-state index contributed by atoms with van der Waals surface area (Å²) < 4.78 is 19.7. The van der Waals surface area contributed by atoms with E-state index >= 15 is 0 Å². The lowest BCUT2D eigenvalue weighted by Gasteiger charge is -2.34. The van der Waals surface area contributed by atoms with E-state index in [9.17, 15) is 4.79 Å². The Kier molecular flexibility index (Phi) is 14.6. The zero-order chi connectivity index (χ0) is 27.7. The van der Waals surface area contributed by atoms with Crippen molar-refractivity contribution in [3.05, 3.63) is 71.8 Å². The molecule has 0 aliphatic heterocycles. The largest absolute Gasteiger partial charge is 0.481 e. The first-order valence-corrected chi connectivity index (χ1v) is 14.9. The molecule has 1 saturated carbocycles. The van der Waals surface area contributed by atoms with Crippen LogP contribution in [0.25, 0.3) is 0 Å². The minimum atomic E-state index is -0.723. The maximum Gasteiger partial charge on any atom is 0.303 e. The first-order chi connectivity index (χ1) is 19.1. The van der Waals surface area contributed by atoms with Crippen LogP contribution in [0, 0.1) is 0 Å². The number of likely N-dealkylation sites (N-methyl/N-ethyl adjacent to an activating group) is 1. The summed E-state index contributed by atoms with van der Waals surface area (Å²) in [5, 5.41) is 8.97. The standard InChI is InChI=1S/C33H49NO5/c1-3-4-5-6-16-23-37-33-30(39-26-28-19-12-8-13-20-28)24-29(38-25-27-17-10-7-11-18-27)32(33)34(2)22-15-9-14-21-31(35)36/h7-8,10-13,17-20,29-30,32-33H,3-6,9,14-16,21-26H2,1-2H3,(H,35,36)/t29-,30+,32+,33+/m1/s1. The van der Waals surface area contributed by atoms with Gasteiger partial charge in [-0.3, -0.25) is 9.69 Å². The van der Waals surface area contributed by atoms with Crippen LogP contribution in [0.1, 0.15) is 82.3 Å². The Morgan fingerprint density at radius 2 is 1.38 bits per heavy atom. The molecule has 0 amide bonds. The SMILES string of the molecule is CCCCCCCO[C@@H]1[C@@H](N(C)CCCCCC(=O)O)[C@H](OCc2ccccc2)C[C@@H]1OCc1ccccc1. The fourth-order valence-electron chi connectivity index (χ4n) is 5.45. The number of aliphatic carboxylic acids is 1. The maximum absolute atomic E-state index is 10.9.